The topological polar surface area (TPSA) is 41.5 Å². The number of benzene rings is 1. The predicted molar refractivity (Wildman–Crippen MR) is 77.8 cm³/mol. The summed E-state index contributed by atoms with van der Waals surface area (Å²) in [6.45, 7) is 0.949. The van der Waals surface area contributed by atoms with Crippen molar-refractivity contribution < 1.29 is 23.0 Å². The van der Waals surface area contributed by atoms with Crippen molar-refractivity contribution >= 4 is 0 Å². The van der Waals surface area contributed by atoms with Gasteiger partial charge in [0.05, 0.1) is 18.3 Å². The third-order valence-electron chi connectivity index (χ3n) is 3.90. The Hall–Kier alpha value is -1.27. The summed E-state index contributed by atoms with van der Waals surface area (Å²) in [5.74, 6) is -0.115. The van der Waals surface area contributed by atoms with E-state index in [2.05, 4.69) is 5.32 Å². The van der Waals surface area contributed by atoms with Crippen LogP contribution in [0.1, 0.15) is 37.7 Å². The van der Waals surface area contributed by atoms with Gasteiger partial charge in [-0.25, -0.2) is 0 Å². The van der Waals surface area contributed by atoms with Gasteiger partial charge in [0.1, 0.15) is 5.75 Å². The molecule has 1 saturated carbocycles. The molecule has 0 atom stereocenters. The number of nitrogens with one attached hydrogen (secondary N) is 1. The molecule has 1 aliphatic rings. The zero-order chi connectivity index (χ0) is 16.0. The highest BCUT2D eigenvalue weighted by Crippen LogP contribution is 2.35. The SMILES string of the molecule is OC1CCC(NCCCOc2ccccc2C(F)(F)F)CC1. The number of rotatable bonds is 6. The number of aliphatic hydroxyl groups is 1. The number of hydrogen-bond donors (Lipinski definition) is 2. The Kier molecular flexibility index (Phi) is 6.08. The van der Waals surface area contributed by atoms with Crippen molar-refractivity contribution in [2.45, 2.75) is 50.4 Å². The average molecular weight is 317 g/mol. The van der Waals surface area contributed by atoms with Crippen LogP contribution in [-0.2, 0) is 6.18 Å². The molecule has 0 radical (unpaired) electrons. The van der Waals surface area contributed by atoms with Gasteiger partial charge in [0.15, 0.2) is 0 Å². The van der Waals surface area contributed by atoms with Gasteiger partial charge in [0.25, 0.3) is 0 Å². The van der Waals surface area contributed by atoms with E-state index in [1.165, 1.54) is 18.2 Å². The van der Waals surface area contributed by atoms with Crippen LogP contribution in [0.15, 0.2) is 24.3 Å². The van der Waals surface area contributed by atoms with E-state index in [-0.39, 0.29) is 18.5 Å². The molecule has 0 saturated heterocycles. The summed E-state index contributed by atoms with van der Waals surface area (Å²) in [5, 5.41) is 12.8. The summed E-state index contributed by atoms with van der Waals surface area (Å²) in [4.78, 5) is 0. The number of alkyl halides is 3. The maximum absolute atomic E-state index is 12.8. The summed E-state index contributed by atoms with van der Waals surface area (Å²) in [6, 6.07) is 5.66. The molecule has 1 aromatic rings. The zero-order valence-corrected chi connectivity index (χ0v) is 12.4. The minimum atomic E-state index is -4.39. The van der Waals surface area contributed by atoms with Gasteiger partial charge in [-0.1, -0.05) is 12.1 Å². The van der Waals surface area contributed by atoms with E-state index < -0.39 is 11.7 Å². The largest absolute Gasteiger partial charge is 0.493 e. The summed E-state index contributed by atoms with van der Waals surface area (Å²) < 4.78 is 43.6. The molecule has 1 aliphatic carbocycles. The third kappa shape index (κ3) is 5.18. The van der Waals surface area contributed by atoms with Gasteiger partial charge in [-0.05, 0) is 50.8 Å². The van der Waals surface area contributed by atoms with E-state index >= 15 is 0 Å². The first-order valence-electron chi connectivity index (χ1n) is 7.67. The lowest BCUT2D eigenvalue weighted by Gasteiger charge is -2.26. The first-order chi connectivity index (χ1) is 10.5. The summed E-state index contributed by atoms with van der Waals surface area (Å²) >= 11 is 0. The lowest BCUT2D eigenvalue weighted by atomic mass is 9.93. The monoisotopic (exact) mass is 317 g/mol. The fraction of sp³-hybridized carbons (Fsp3) is 0.625. The van der Waals surface area contributed by atoms with Gasteiger partial charge in [0, 0.05) is 6.04 Å². The molecule has 124 valence electrons. The van der Waals surface area contributed by atoms with Crippen LogP contribution in [0.4, 0.5) is 13.2 Å². The smallest absolute Gasteiger partial charge is 0.419 e. The van der Waals surface area contributed by atoms with Crippen molar-refractivity contribution in [1.29, 1.82) is 0 Å². The highest BCUT2D eigenvalue weighted by atomic mass is 19.4. The molecule has 0 aliphatic heterocycles. The van der Waals surface area contributed by atoms with E-state index in [4.69, 9.17) is 4.74 Å². The second-order valence-corrected chi connectivity index (χ2v) is 5.66. The van der Waals surface area contributed by atoms with Gasteiger partial charge in [-0.3, -0.25) is 0 Å². The molecule has 0 bridgehead atoms. The number of aliphatic hydroxyl groups excluding tert-OH is 1. The minimum Gasteiger partial charge on any atom is -0.493 e. The lowest BCUT2D eigenvalue weighted by Crippen LogP contribution is -2.35. The van der Waals surface area contributed by atoms with Gasteiger partial charge >= 0.3 is 6.18 Å². The zero-order valence-electron chi connectivity index (χ0n) is 12.4. The van der Waals surface area contributed by atoms with Gasteiger partial charge < -0.3 is 15.2 Å². The molecule has 3 nitrogen and oxygen atoms in total. The fourth-order valence-electron chi connectivity index (χ4n) is 2.67. The minimum absolute atomic E-state index is 0.115. The predicted octanol–water partition coefficient (Wildman–Crippen LogP) is 3.37. The van der Waals surface area contributed by atoms with Crippen LogP contribution in [0.5, 0.6) is 5.75 Å². The fourth-order valence-corrected chi connectivity index (χ4v) is 2.67. The van der Waals surface area contributed by atoms with E-state index in [0.717, 1.165) is 31.7 Å². The Labute approximate surface area is 128 Å². The summed E-state index contributed by atoms with van der Waals surface area (Å²) in [5.41, 5.74) is -0.732. The van der Waals surface area contributed by atoms with Crippen LogP contribution >= 0.6 is 0 Å². The summed E-state index contributed by atoms with van der Waals surface area (Å²) in [6.07, 6.45) is -0.415. The van der Waals surface area contributed by atoms with Crippen molar-refractivity contribution in [2.75, 3.05) is 13.2 Å². The van der Waals surface area contributed by atoms with E-state index in [1.807, 2.05) is 0 Å². The van der Waals surface area contributed by atoms with E-state index in [9.17, 15) is 18.3 Å². The van der Waals surface area contributed by atoms with Crippen LogP contribution in [0.25, 0.3) is 0 Å². The van der Waals surface area contributed by atoms with Crippen molar-refractivity contribution in [3.8, 4) is 5.75 Å². The number of ether oxygens (including phenoxy) is 1. The quantitative estimate of drug-likeness (QED) is 0.791. The first-order valence-corrected chi connectivity index (χ1v) is 7.67. The lowest BCUT2D eigenvalue weighted by molar-refractivity contribution is -0.138. The Morgan fingerprint density at radius 3 is 2.50 bits per heavy atom. The molecule has 1 aromatic carbocycles. The number of para-hydroxylation sites is 1. The van der Waals surface area contributed by atoms with Gasteiger partial charge in [-0.15, -0.1) is 0 Å². The average Bonchev–Trinajstić information content (AvgIpc) is 2.48. The Balaban J connectivity index is 1.69. The maximum atomic E-state index is 12.8. The molecule has 0 unspecified atom stereocenters. The normalized spacial score (nSPS) is 22.5. The van der Waals surface area contributed by atoms with Crippen LogP contribution in [0.2, 0.25) is 0 Å². The second-order valence-electron chi connectivity index (χ2n) is 5.66. The third-order valence-corrected chi connectivity index (χ3v) is 3.90. The van der Waals surface area contributed by atoms with Crippen LogP contribution in [0.3, 0.4) is 0 Å². The highest BCUT2D eigenvalue weighted by molar-refractivity contribution is 5.35. The van der Waals surface area contributed by atoms with E-state index in [1.54, 1.807) is 0 Å². The van der Waals surface area contributed by atoms with Crippen LogP contribution in [0, 0.1) is 0 Å². The van der Waals surface area contributed by atoms with E-state index in [0.29, 0.717) is 19.0 Å². The second kappa shape index (κ2) is 7.83. The molecule has 1 fully saturated rings. The van der Waals surface area contributed by atoms with Crippen molar-refractivity contribution in [3.05, 3.63) is 29.8 Å². The standard InChI is InChI=1S/C16H22F3NO2/c17-16(18,19)14-4-1-2-5-15(14)22-11-3-10-20-12-6-8-13(21)9-7-12/h1-2,4-5,12-13,20-21H,3,6-11H2. The molecule has 0 aromatic heterocycles. The molecular formula is C16H22F3NO2. The maximum Gasteiger partial charge on any atom is 0.419 e. The highest BCUT2D eigenvalue weighted by Gasteiger charge is 2.33. The van der Waals surface area contributed by atoms with Crippen molar-refractivity contribution in [1.82, 2.24) is 5.32 Å². The molecule has 2 rings (SSSR count). The molecule has 22 heavy (non-hydrogen) atoms. The summed E-state index contributed by atoms with van der Waals surface area (Å²) in [7, 11) is 0. The molecular weight excluding hydrogens is 295 g/mol. The molecule has 2 N–H and O–H groups in total. The number of hydrogen-bond acceptors (Lipinski definition) is 3. The Morgan fingerprint density at radius 1 is 1.14 bits per heavy atom. The molecule has 0 heterocycles. The van der Waals surface area contributed by atoms with Crippen LogP contribution in [-0.4, -0.2) is 30.4 Å². The Morgan fingerprint density at radius 2 is 1.82 bits per heavy atom. The van der Waals surface area contributed by atoms with Crippen LogP contribution < -0.4 is 10.1 Å². The first kappa shape index (κ1) is 17.1. The number of halogens is 3. The molecule has 0 spiro atoms. The van der Waals surface area contributed by atoms with Gasteiger partial charge in [0.2, 0.25) is 0 Å². The Bertz CT molecular complexity index is 457. The molecule has 6 heteroatoms. The van der Waals surface area contributed by atoms with Crippen molar-refractivity contribution in [2.24, 2.45) is 0 Å². The van der Waals surface area contributed by atoms with Gasteiger partial charge in [-0.2, -0.15) is 13.2 Å². The van der Waals surface area contributed by atoms with Crippen molar-refractivity contribution in [3.63, 3.8) is 0 Å². The molecule has 0 amide bonds.